The summed E-state index contributed by atoms with van der Waals surface area (Å²) in [6.45, 7) is 0.711. The van der Waals surface area contributed by atoms with E-state index in [0.29, 0.717) is 18.7 Å². The summed E-state index contributed by atoms with van der Waals surface area (Å²) in [6.07, 6.45) is 1.45. The molecule has 3 aromatic rings. The Morgan fingerprint density at radius 3 is 2.75 bits per heavy atom. The van der Waals surface area contributed by atoms with Gasteiger partial charge in [0.25, 0.3) is 0 Å². The van der Waals surface area contributed by atoms with E-state index in [2.05, 4.69) is 5.32 Å². The summed E-state index contributed by atoms with van der Waals surface area (Å²) in [6, 6.07) is 17.6. The summed E-state index contributed by atoms with van der Waals surface area (Å²) >= 11 is 1.66. The number of ether oxygens (including phenoxy) is 1. The molecule has 2 amide bonds. The number of para-hydroxylation sites is 1. The minimum absolute atomic E-state index is 0.0225. The van der Waals surface area contributed by atoms with E-state index in [0.717, 1.165) is 17.7 Å². The normalized spacial score (nSPS) is 21.0. The van der Waals surface area contributed by atoms with E-state index >= 15 is 0 Å². The molecule has 2 atom stereocenters. The van der Waals surface area contributed by atoms with Crippen molar-refractivity contribution >= 4 is 28.8 Å². The smallest absolute Gasteiger partial charge is 0.240 e. The highest BCUT2D eigenvalue weighted by Crippen LogP contribution is 2.65. The molecule has 2 aromatic carbocycles. The lowest BCUT2D eigenvalue weighted by molar-refractivity contribution is -0.128. The van der Waals surface area contributed by atoms with Gasteiger partial charge in [0.05, 0.1) is 5.41 Å². The molecule has 1 aliphatic carbocycles. The van der Waals surface area contributed by atoms with Gasteiger partial charge in [-0.2, -0.15) is 0 Å². The molecule has 0 spiro atoms. The van der Waals surface area contributed by atoms with Gasteiger partial charge < -0.3 is 15.0 Å². The second-order valence-corrected chi connectivity index (χ2v) is 9.32. The molecule has 164 valence electrons. The fourth-order valence-electron chi connectivity index (χ4n) is 4.46. The van der Waals surface area contributed by atoms with Crippen molar-refractivity contribution < 1.29 is 18.7 Å². The Morgan fingerprint density at radius 1 is 1.16 bits per heavy atom. The molecule has 1 aromatic heterocycles. The van der Waals surface area contributed by atoms with Gasteiger partial charge in [-0.1, -0.05) is 24.3 Å². The van der Waals surface area contributed by atoms with Gasteiger partial charge in [-0.25, -0.2) is 4.39 Å². The number of benzene rings is 2. The average molecular weight is 451 g/mol. The summed E-state index contributed by atoms with van der Waals surface area (Å²) in [5.41, 5.74) is 1.19. The Morgan fingerprint density at radius 2 is 1.97 bits per heavy atom. The third-order valence-electron chi connectivity index (χ3n) is 6.23. The Labute approximate surface area is 189 Å². The van der Waals surface area contributed by atoms with Gasteiger partial charge in [0, 0.05) is 23.0 Å². The van der Waals surface area contributed by atoms with Crippen molar-refractivity contribution in [3.05, 3.63) is 82.3 Å². The number of rotatable bonds is 8. The van der Waals surface area contributed by atoms with Crippen LogP contribution in [0.25, 0.3) is 0 Å². The van der Waals surface area contributed by atoms with Gasteiger partial charge in [0.15, 0.2) is 0 Å². The Bertz CT molecular complexity index is 1130. The lowest BCUT2D eigenvalue weighted by Crippen LogP contribution is -2.48. The van der Waals surface area contributed by atoms with Gasteiger partial charge >= 0.3 is 0 Å². The molecule has 0 bridgehead atoms. The molecular weight excluding hydrogens is 427 g/mol. The summed E-state index contributed by atoms with van der Waals surface area (Å²) in [5, 5.41) is 4.94. The van der Waals surface area contributed by atoms with E-state index in [1.807, 2.05) is 41.8 Å². The van der Waals surface area contributed by atoms with Crippen LogP contribution < -0.4 is 15.0 Å². The highest BCUT2D eigenvalue weighted by Gasteiger charge is 2.66. The van der Waals surface area contributed by atoms with Gasteiger partial charge in [0.1, 0.15) is 24.7 Å². The van der Waals surface area contributed by atoms with E-state index in [9.17, 15) is 14.0 Å². The maximum Gasteiger partial charge on any atom is 0.240 e. The fraction of sp³-hybridized carbons (Fsp3) is 0.280. The molecule has 5 rings (SSSR count). The van der Waals surface area contributed by atoms with Crippen molar-refractivity contribution in [1.29, 1.82) is 0 Å². The first-order chi connectivity index (χ1) is 15.6. The van der Waals surface area contributed by atoms with E-state index in [-0.39, 0.29) is 36.7 Å². The largest absolute Gasteiger partial charge is 0.492 e. The number of hydrogen-bond acceptors (Lipinski definition) is 4. The summed E-state index contributed by atoms with van der Waals surface area (Å²) in [4.78, 5) is 29.0. The Kier molecular flexibility index (Phi) is 5.43. The number of anilines is 1. The first kappa shape index (κ1) is 20.7. The van der Waals surface area contributed by atoms with Crippen molar-refractivity contribution in [1.82, 2.24) is 5.32 Å². The molecule has 0 saturated heterocycles. The minimum Gasteiger partial charge on any atom is -0.492 e. The third-order valence-corrected chi connectivity index (χ3v) is 7.17. The van der Waals surface area contributed by atoms with Gasteiger partial charge in [-0.05, 0) is 60.2 Å². The lowest BCUT2D eigenvalue weighted by Gasteiger charge is -2.33. The average Bonchev–Trinajstić information content (AvgIpc) is 3.33. The minimum atomic E-state index is -0.681. The van der Waals surface area contributed by atoms with E-state index < -0.39 is 5.41 Å². The van der Waals surface area contributed by atoms with E-state index in [4.69, 9.17) is 4.74 Å². The Hall–Kier alpha value is -3.19. The molecule has 2 heterocycles. The highest BCUT2D eigenvalue weighted by atomic mass is 32.1. The van der Waals surface area contributed by atoms with Gasteiger partial charge in [-0.15, -0.1) is 11.3 Å². The highest BCUT2D eigenvalue weighted by molar-refractivity contribution is 7.09. The van der Waals surface area contributed by atoms with Crippen LogP contribution in [0.5, 0.6) is 5.75 Å². The van der Waals surface area contributed by atoms with Crippen LogP contribution in [0.1, 0.15) is 22.8 Å². The summed E-state index contributed by atoms with van der Waals surface area (Å²) in [5.74, 6) is -0.00498. The number of carbonyl (C=O) groups excluding carboxylic acids is 2. The summed E-state index contributed by atoms with van der Waals surface area (Å²) in [7, 11) is 0. The zero-order valence-corrected chi connectivity index (χ0v) is 18.2. The molecule has 1 N–H and O–H groups in total. The Balaban J connectivity index is 1.29. The second-order valence-electron chi connectivity index (χ2n) is 8.28. The predicted octanol–water partition coefficient (Wildman–Crippen LogP) is 4.15. The lowest BCUT2D eigenvalue weighted by atomic mass is 9.92. The maximum atomic E-state index is 13.5. The number of fused-ring (bicyclic) bond motifs is 3. The molecule has 1 saturated carbocycles. The number of nitrogens with one attached hydrogen (secondary N) is 1. The number of thiophene rings is 1. The number of carbonyl (C=O) groups is 2. The van der Waals surface area contributed by atoms with Crippen LogP contribution >= 0.6 is 11.3 Å². The molecule has 1 fully saturated rings. The van der Waals surface area contributed by atoms with Crippen LogP contribution in [0.15, 0.2) is 66.0 Å². The van der Waals surface area contributed by atoms with Crippen LogP contribution in [-0.4, -0.2) is 31.5 Å². The molecule has 32 heavy (non-hydrogen) atoms. The zero-order chi connectivity index (χ0) is 22.1. The van der Waals surface area contributed by atoms with Gasteiger partial charge in [0.2, 0.25) is 11.8 Å². The predicted molar refractivity (Wildman–Crippen MR) is 122 cm³/mol. The van der Waals surface area contributed by atoms with Crippen LogP contribution in [0.3, 0.4) is 0 Å². The van der Waals surface area contributed by atoms with Crippen LogP contribution in [0.2, 0.25) is 0 Å². The maximum absolute atomic E-state index is 13.5. The quantitative estimate of drug-likeness (QED) is 0.561. The van der Waals surface area contributed by atoms with Crippen LogP contribution in [-0.2, 0) is 16.0 Å². The third kappa shape index (κ3) is 3.88. The molecule has 7 heteroatoms. The first-order valence-corrected chi connectivity index (χ1v) is 11.5. The van der Waals surface area contributed by atoms with E-state index in [1.54, 1.807) is 28.4 Å². The van der Waals surface area contributed by atoms with Crippen molar-refractivity contribution in [3.8, 4) is 5.75 Å². The molecule has 5 nitrogen and oxygen atoms in total. The fourth-order valence-corrected chi connectivity index (χ4v) is 5.17. The molecule has 0 unspecified atom stereocenters. The van der Waals surface area contributed by atoms with Crippen LogP contribution in [0, 0.1) is 11.2 Å². The van der Waals surface area contributed by atoms with Crippen LogP contribution in [0.4, 0.5) is 10.1 Å². The van der Waals surface area contributed by atoms with Crippen molar-refractivity contribution in [3.63, 3.8) is 0 Å². The zero-order valence-electron chi connectivity index (χ0n) is 17.4. The SMILES string of the molecule is O=C(CN1C(=O)[C@@]2(COc3ccc(F)cc3)C[C@H]2c2ccccc21)NCCc1cccs1. The molecule has 1 aliphatic heterocycles. The van der Waals surface area contributed by atoms with E-state index in [1.165, 1.54) is 17.0 Å². The van der Waals surface area contributed by atoms with Crippen molar-refractivity contribution in [2.75, 3.05) is 24.6 Å². The second kappa shape index (κ2) is 8.39. The molecule has 2 aliphatic rings. The number of nitrogens with zero attached hydrogens (tertiary/aromatic N) is 1. The topological polar surface area (TPSA) is 58.6 Å². The monoisotopic (exact) mass is 450 g/mol. The number of amides is 2. The number of hydrogen-bond donors (Lipinski definition) is 1. The number of halogens is 1. The standard InChI is InChI=1S/C25H23FN2O3S/c26-17-7-9-18(10-8-17)31-16-25-14-21(25)20-5-1-2-6-22(20)28(24(25)30)15-23(29)27-12-11-19-4-3-13-32-19/h1-10,13,21H,11-12,14-16H2,(H,27,29)/t21-,25+/m0/s1. The first-order valence-electron chi connectivity index (χ1n) is 10.7. The van der Waals surface area contributed by atoms with Crippen molar-refractivity contribution in [2.45, 2.75) is 18.8 Å². The molecular formula is C25H23FN2O3S. The molecule has 0 radical (unpaired) electrons. The van der Waals surface area contributed by atoms with Gasteiger partial charge in [-0.3, -0.25) is 9.59 Å². The summed E-state index contributed by atoms with van der Waals surface area (Å²) < 4.78 is 19.1. The van der Waals surface area contributed by atoms with Crippen molar-refractivity contribution in [2.24, 2.45) is 5.41 Å².